The van der Waals surface area contributed by atoms with Crippen LogP contribution in [-0.2, 0) is 11.3 Å². The summed E-state index contributed by atoms with van der Waals surface area (Å²) in [6.07, 6.45) is 1.49. The first-order valence-electron chi connectivity index (χ1n) is 11.0. The summed E-state index contributed by atoms with van der Waals surface area (Å²) in [4.78, 5) is 18.5. The monoisotopic (exact) mass is 447 g/mol. The molecule has 1 saturated heterocycles. The average Bonchev–Trinajstić information content (AvgIpc) is 2.85. The molecule has 4 rings (SSSR count). The van der Waals surface area contributed by atoms with Crippen molar-refractivity contribution in [3.63, 3.8) is 0 Å². The number of benzene rings is 2. The summed E-state index contributed by atoms with van der Waals surface area (Å²) in [6, 6.07) is 19.5. The second kappa shape index (κ2) is 11.3. The molecule has 1 aliphatic rings. The molecule has 8 heteroatoms. The lowest BCUT2D eigenvalue weighted by molar-refractivity contribution is 0.0322. The molecular formula is C25H29N5O3. The average molecular weight is 448 g/mol. The molecule has 0 radical (unpaired) electrons. The Hall–Kier alpha value is -3.62. The van der Waals surface area contributed by atoms with Crippen LogP contribution in [0.2, 0.25) is 0 Å². The smallest absolute Gasteiger partial charge is 0.252 e. The van der Waals surface area contributed by atoms with E-state index in [2.05, 4.69) is 20.5 Å². The quantitative estimate of drug-likeness (QED) is 0.438. The fourth-order valence-electron chi connectivity index (χ4n) is 3.56. The minimum Gasteiger partial charge on any atom is -0.492 e. The summed E-state index contributed by atoms with van der Waals surface area (Å²) in [6.45, 7) is 5.58. The van der Waals surface area contributed by atoms with E-state index in [0.29, 0.717) is 30.2 Å². The van der Waals surface area contributed by atoms with Crippen LogP contribution < -0.4 is 21.1 Å². The van der Waals surface area contributed by atoms with Gasteiger partial charge in [0.1, 0.15) is 18.2 Å². The zero-order valence-corrected chi connectivity index (χ0v) is 18.5. The molecule has 3 aromatic rings. The van der Waals surface area contributed by atoms with E-state index in [-0.39, 0.29) is 0 Å². The zero-order valence-electron chi connectivity index (χ0n) is 18.5. The Kier molecular flexibility index (Phi) is 7.73. The van der Waals surface area contributed by atoms with Crippen molar-refractivity contribution in [2.45, 2.75) is 6.54 Å². The van der Waals surface area contributed by atoms with E-state index < -0.39 is 5.91 Å². The predicted octanol–water partition coefficient (Wildman–Crippen LogP) is 3.25. The largest absolute Gasteiger partial charge is 0.492 e. The first kappa shape index (κ1) is 22.6. The fraction of sp³-hybridized carbons (Fsp3) is 0.280. The topological polar surface area (TPSA) is 102 Å². The Morgan fingerprint density at radius 2 is 1.85 bits per heavy atom. The number of pyridine rings is 1. The number of carbonyl (C=O) groups is 1. The Bertz CT molecular complexity index is 1040. The number of nitrogens with one attached hydrogen (secondary N) is 2. The summed E-state index contributed by atoms with van der Waals surface area (Å²) < 4.78 is 11.2. The second-order valence-corrected chi connectivity index (χ2v) is 7.77. The van der Waals surface area contributed by atoms with Gasteiger partial charge in [0, 0.05) is 44.1 Å². The Balaban J connectivity index is 1.35. The SMILES string of the molecule is NC(=O)c1cnc(Nc2ccc(OCCN3CCOCC3)cc2)cc1NCc1ccccc1. The van der Waals surface area contributed by atoms with Gasteiger partial charge in [0.2, 0.25) is 0 Å². The third kappa shape index (κ3) is 6.68. The van der Waals surface area contributed by atoms with Crippen LogP contribution in [0, 0.1) is 0 Å². The number of carbonyl (C=O) groups excluding carboxylic acids is 1. The van der Waals surface area contributed by atoms with Gasteiger partial charge in [0.25, 0.3) is 5.91 Å². The van der Waals surface area contributed by atoms with Gasteiger partial charge in [-0.1, -0.05) is 30.3 Å². The van der Waals surface area contributed by atoms with Crippen molar-refractivity contribution in [2.75, 3.05) is 50.1 Å². The fourth-order valence-corrected chi connectivity index (χ4v) is 3.56. The van der Waals surface area contributed by atoms with E-state index in [1.165, 1.54) is 6.20 Å². The molecule has 1 fully saturated rings. The summed E-state index contributed by atoms with van der Waals surface area (Å²) in [5.74, 6) is 0.899. The molecule has 0 saturated carbocycles. The van der Waals surface area contributed by atoms with Crippen LogP contribution >= 0.6 is 0 Å². The third-order valence-corrected chi connectivity index (χ3v) is 5.40. The van der Waals surface area contributed by atoms with Gasteiger partial charge in [0.05, 0.1) is 24.5 Å². The van der Waals surface area contributed by atoms with Gasteiger partial charge in [-0.15, -0.1) is 0 Å². The maximum absolute atomic E-state index is 11.8. The number of morpholine rings is 1. The summed E-state index contributed by atoms with van der Waals surface area (Å²) in [5, 5.41) is 6.55. The molecule has 2 heterocycles. The van der Waals surface area contributed by atoms with Gasteiger partial charge in [-0.2, -0.15) is 0 Å². The molecule has 8 nitrogen and oxygen atoms in total. The Morgan fingerprint density at radius 1 is 1.09 bits per heavy atom. The molecule has 33 heavy (non-hydrogen) atoms. The lowest BCUT2D eigenvalue weighted by Gasteiger charge is -2.26. The minimum atomic E-state index is -0.525. The number of primary amides is 1. The first-order chi connectivity index (χ1) is 16.2. The number of nitrogens with zero attached hydrogens (tertiary/aromatic N) is 2. The molecule has 1 aromatic heterocycles. The van der Waals surface area contributed by atoms with Crippen LogP contribution in [0.15, 0.2) is 66.9 Å². The minimum absolute atomic E-state index is 0.348. The molecule has 1 aliphatic heterocycles. The van der Waals surface area contributed by atoms with E-state index in [4.69, 9.17) is 15.2 Å². The third-order valence-electron chi connectivity index (χ3n) is 5.40. The number of hydrogen-bond donors (Lipinski definition) is 3. The zero-order chi connectivity index (χ0) is 22.9. The standard InChI is InChI=1S/C25H29N5O3/c26-25(31)22-18-28-24(16-23(22)27-17-19-4-2-1-3-5-19)29-20-6-8-21(9-7-20)33-15-12-30-10-13-32-14-11-30/h1-9,16,18H,10-15,17H2,(H2,26,31)(H2,27,28,29). The number of ether oxygens (including phenoxy) is 2. The number of hydrogen-bond acceptors (Lipinski definition) is 7. The van der Waals surface area contributed by atoms with Gasteiger partial charge >= 0.3 is 0 Å². The van der Waals surface area contributed by atoms with Crippen LogP contribution in [0.1, 0.15) is 15.9 Å². The van der Waals surface area contributed by atoms with E-state index in [9.17, 15) is 4.79 Å². The molecular weight excluding hydrogens is 418 g/mol. The van der Waals surface area contributed by atoms with E-state index in [1.807, 2.05) is 54.6 Å². The van der Waals surface area contributed by atoms with Crippen molar-refractivity contribution in [3.8, 4) is 5.75 Å². The van der Waals surface area contributed by atoms with Crippen molar-refractivity contribution in [1.29, 1.82) is 0 Å². The van der Waals surface area contributed by atoms with Crippen molar-refractivity contribution in [3.05, 3.63) is 78.0 Å². The Morgan fingerprint density at radius 3 is 2.58 bits per heavy atom. The van der Waals surface area contributed by atoms with Crippen LogP contribution in [-0.4, -0.2) is 55.2 Å². The lowest BCUT2D eigenvalue weighted by atomic mass is 10.2. The van der Waals surface area contributed by atoms with E-state index in [0.717, 1.165) is 49.8 Å². The van der Waals surface area contributed by atoms with Gasteiger partial charge in [0.15, 0.2) is 0 Å². The van der Waals surface area contributed by atoms with Crippen molar-refractivity contribution >= 4 is 23.1 Å². The maximum atomic E-state index is 11.8. The van der Waals surface area contributed by atoms with Crippen molar-refractivity contribution in [2.24, 2.45) is 5.73 Å². The second-order valence-electron chi connectivity index (χ2n) is 7.77. The van der Waals surface area contributed by atoms with Gasteiger partial charge < -0.3 is 25.8 Å². The number of amides is 1. The van der Waals surface area contributed by atoms with Gasteiger partial charge in [-0.3, -0.25) is 9.69 Å². The van der Waals surface area contributed by atoms with Crippen LogP contribution in [0.4, 0.5) is 17.2 Å². The molecule has 172 valence electrons. The normalized spacial score (nSPS) is 13.9. The summed E-state index contributed by atoms with van der Waals surface area (Å²) in [5.41, 5.74) is 8.47. The van der Waals surface area contributed by atoms with Gasteiger partial charge in [-0.25, -0.2) is 4.98 Å². The molecule has 0 bridgehead atoms. The molecule has 0 atom stereocenters. The lowest BCUT2D eigenvalue weighted by Crippen LogP contribution is -2.38. The highest BCUT2D eigenvalue weighted by molar-refractivity contribution is 5.98. The highest BCUT2D eigenvalue weighted by atomic mass is 16.5. The number of aromatic nitrogens is 1. The van der Waals surface area contributed by atoms with Crippen LogP contribution in [0.5, 0.6) is 5.75 Å². The molecule has 2 aromatic carbocycles. The van der Waals surface area contributed by atoms with Crippen molar-refractivity contribution in [1.82, 2.24) is 9.88 Å². The summed E-state index contributed by atoms with van der Waals surface area (Å²) >= 11 is 0. The van der Waals surface area contributed by atoms with Crippen LogP contribution in [0.25, 0.3) is 0 Å². The van der Waals surface area contributed by atoms with E-state index >= 15 is 0 Å². The number of rotatable bonds is 10. The first-order valence-corrected chi connectivity index (χ1v) is 11.0. The van der Waals surface area contributed by atoms with Gasteiger partial charge in [-0.05, 0) is 29.8 Å². The highest BCUT2D eigenvalue weighted by Gasteiger charge is 2.11. The maximum Gasteiger partial charge on any atom is 0.252 e. The number of nitrogens with two attached hydrogens (primary N) is 1. The van der Waals surface area contributed by atoms with Crippen LogP contribution in [0.3, 0.4) is 0 Å². The molecule has 0 unspecified atom stereocenters. The highest BCUT2D eigenvalue weighted by Crippen LogP contribution is 2.23. The number of anilines is 3. The molecule has 4 N–H and O–H groups in total. The molecule has 0 aliphatic carbocycles. The van der Waals surface area contributed by atoms with E-state index in [1.54, 1.807) is 6.07 Å². The molecule has 0 spiro atoms. The summed E-state index contributed by atoms with van der Waals surface area (Å²) in [7, 11) is 0. The van der Waals surface area contributed by atoms with Crippen molar-refractivity contribution < 1.29 is 14.3 Å². The molecule has 1 amide bonds. The Labute approximate surface area is 193 Å². The predicted molar refractivity (Wildman–Crippen MR) is 129 cm³/mol.